The summed E-state index contributed by atoms with van der Waals surface area (Å²) in [6.07, 6.45) is 4.85. The van der Waals surface area contributed by atoms with Crippen molar-refractivity contribution in [3.63, 3.8) is 0 Å². The van der Waals surface area contributed by atoms with Crippen molar-refractivity contribution in [1.29, 1.82) is 0 Å². The van der Waals surface area contributed by atoms with Crippen LogP contribution in [0.3, 0.4) is 0 Å². The van der Waals surface area contributed by atoms with E-state index in [2.05, 4.69) is 10.1 Å². The summed E-state index contributed by atoms with van der Waals surface area (Å²) in [6.45, 7) is 6.29. The molecule has 0 spiro atoms. The molecule has 2 aliphatic heterocycles. The monoisotopic (exact) mass is 292 g/mol. The van der Waals surface area contributed by atoms with Gasteiger partial charge in [0.2, 0.25) is 5.91 Å². The lowest BCUT2D eigenvalue weighted by molar-refractivity contribution is -0.135. The Morgan fingerprint density at radius 1 is 1.33 bits per heavy atom. The van der Waals surface area contributed by atoms with E-state index in [9.17, 15) is 4.79 Å². The number of amides is 1. The average molecular weight is 292 g/mol. The zero-order chi connectivity index (χ0) is 14.8. The third kappa shape index (κ3) is 3.26. The van der Waals surface area contributed by atoms with Crippen LogP contribution in [0, 0.1) is 13.8 Å². The van der Waals surface area contributed by atoms with Gasteiger partial charge in [-0.15, -0.1) is 0 Å². The Morgan fingerprint density at radius 2 is 2.19 bits per heavy atom. The zero-order valence-electron chi connectivity index (χ0n) is 12.9. The van der Waals surface area contributed by atoms with Crippen LogP contribution in [-0.4, -0.2) is 51.4 Å². The molecule has 21 heavy (non-hydrogen) atoms. The lowest BCUT2D eigenvalue weighted by Crippen LogP contribution is -2.42. The van der Waals surface area contributed by atoms with Crippen molar-refractivity contribution in [1.82, 2.24) is 19.7 Å². The van der Waals surface area contributed by atoms with E-state index >= 15 is 0 Å². The highest BCUT2D eigenvalue weighted by atomic mass is 16.5. The smallest absolute Gasteiger partial charge is 0.225 e. The molecular formula is C15H24N4O2. The van der Waals surface area contributed by atoms with E-state index in [-0.39, 0.29) is 18.1 Å². The van der Waals surface area contributed by atoms with Gasteiger partial charge in [-0.2, -0.15) is 5.10 Å². The van der Waals surface area contributed by atoms with Gasteiger partial charge in [0.15, 0.2) is 0 Å². The number of aryl methyl sites for hydroxylation is 2. The first-order valence-electron chi connectivity index (χ1n) is 7.92. The molecule has 2 fully saturated rings. The van der Waals surface area contributed by atoms with Gasteiger partial charge < -0.3 is 9.64 Å². The first-order chi connectivity index (χ1) is 10.1. The predicted octanol–water partition coefficient (Wildman–Crippen LogP) is 1.63. The third-order valence-electron chi connectivity index (χ3n) is 4.43. The van der Waals surface area contributed by atoms with Crippen molar-refractivity contribution < 1.29 is 9.53 Å². The number of carbonyl (C=O) groups is 1. The van der Waals surface area contributed by atoms with E-state index in [0.717, 1.165) is 57.0 Å². The minimum absolute atomic E-state index is 0.133. The quantitative estimate of drug-likeness (QED) is 0.849. The lowest BCUT2D eigenvalue weighted by atomic mass is 10.0. The van der Waals surface area contributed by atoms with Gasteiger partial charge >= 0.3 is 0 Å². The molecule has 0 unspecified atom stereocenters. The molecule has 0 aromatic carbocycles. The van der Waals surface area contributed by atoms with E-state index in [1.54, 1.807) is 0 Å². The number of hydrogen-bond donors (Lipinski definition) is 0. The van der Waals surface area contributed by atoms with Gasteiger partial charge in [-0.1, -0.05) is 0 Å². The van der Waals surface area contributed by atoms with E-state index < -0.39 is 0 Å². The van der Waals surface area contributed by atoms with Gasteiger partial charge in [0.25, 0.3) is 0 Å². The molecule has 6 nitrogen and oxygen atoms in total. The molecule has 0 saturated carbocycles. The molecule has 1 aromatic heterocycles. The lowest BCUT2D eigenvalue weighted by Gasteiger charge is -2.33. The molecule has 1 aromatic rings. The second-order valence-corrected chi connectivity index (χ2v) is 6.13. The van der Waals surface area contributed by atoms with Crippen LogP contribution in [0.15, 0.2) is 0 Å². The molecule has 2 atom stereocenters. The Labute approximate surface area is 125 Å². The maximum Gasteiger partial charge on any atom is 0.225 e. The van der Waals surface area contributed by atoms with Crippen molar-refractivity contribution >= 4 is 5.91 Å². The highest BCUT2D eigenvalue weighted by molar-refractivity contribution is 5.76. The number of aromatic nitrogens is 3. The van der Waals surface area contributed by atoms with Gasteiger partial charge in [0, 0.05) is 19.7 Å². The summed E-state index contributed by atoms with van der Waals surface area (Å²) in [4.78, 5) is 18.8. The topological polar surface area (TPSA) is 60.2 Å². The second-order valence-electron chi connectivity index (χ2n) is 6.13. The van der Waals surface area contributed by atoms with Crippen LogP contribution in [0.2, 0.25) is 0 Å². The number of hydrogen-bond acceptors (Lipinski definition) is 4. The molecule has 0 bridgehead atoms. The predicted molar refractivity (Wildman–Crippen MR) is 77.9 cm³/mol. The average Bonchev–Trinajstić information content (AvgIpc) is 3.08. The molecule has 0 radical (unpaired) electrons. The van der Waals surface area contributed by atoms with Gasteiger partial charge in [-0.25, -0.2) is 9.67 Å². The Morgan fingerprint density at radius 3 is 2.86 bits per heavy atom. The number of likely N-dealkylation sites (tertiary alicyclic amines) is 1. The van der Waals surface area contributed by atoms with E-state index in [1.165, 1.54) is 0 Å². The van der Waals surface area contributed by atoms with Crippen LogP contribution >= 0.6 is 0 Å². The van der Waals surface area contributed by atoms with Gasteiger partial charge in [0.1, 0.15) is 11.6 Å². The fraction of sp³-hybridized carbons (Fsp3) is 0.800. The summed E-state index contributed by atoms with van der Waals surface area (Å²) in [5.41, 5.74) is 0. The Bertz CT molecular complexity index is 508. The molecule has 0 N–H and O–H groups in total. The summed E-state index contributed by atoms with van der Waals surface area (Å²) in [6, 6.07) is 0.258. The summed E-state index contributed by atoms with van der Waals surface area (Å²) in [7, 11) is 0. The van der Waals surface area contributed by atoms with Crippen molar-refractivity contribution in [2.24, 2.45) is 0 Å². The van der Waals surface area contributed by atoms with E-state index in [1.807, 2.05) is 23.4 Å². The summed E-state index contributed by atoms with van der Waals surface area (Å²) < 4.78 is 7.56. The van der Waals surface area contributed by atoms with Crippen molar-refractivity contribution in [3.05, 3.63) is 11.6 Å². The van der Waals surface area contributed by atoms with Crippen LogP contribution in [0.1, 0.15) is 49.8 Å². The Hall–Kier alpha value is -1.43. The first kappa shape index (κ1) is 14.5. The van der Waals surface area contributed by atoms with Crippen LogP contribution in [0.5, 0.6) is 0 Å². The molecule has 1 amide bonds. The third-order valence-corrected chi connectivity index (χ3v) is 4.43. The molecule has 2 saturated heterocycles. The van der Waals surface area contributed by atoms with Crippen LogP contribution in [0.25, 0.3) is 0 Å². The maximum atomic E-state index is 12.4. The number of nitrogens with zero attached hydrogens (tertiary/aromatic N) is 4. The normalized spacial score (nSPS) is 26.3. The fourth-order valence-electron chi connectivity index (χ4n) is 3.39. The number of rotatable bonds is 3. The first-order valence-corrected chi connectivity index (χ1v) is 7.92. The Kier molecular flexibility index (Phi) is 4.24. The van der Waals surface area contributed by atoms with Crippen LogP contribution < -0.4 is 0 Å². The molecule has 6 heteroatoms. The standard InChI is InChI=1S/C15H24N4O2/c1-11-16-12(2)19(17-11)13-5-3-7-18(10-13)15(20)9-14-6-4-8-21-14/h13-14H,3-10H2,1-2H3/t13-,14+/m0/s1. The van der Waals surface area contributed by atoms with Crippen LogP contribution in [-0.2, 0) is 9.53 Å². The van der Waals surface area contributed by atoms with Gasteiger partial charge in [0.05, 0.1) is 18.6 Å². The molecule has 3 heterocycles. The van der Waals surface area contributed by atoms with Crippen molar-refractivity contribution in [3.8, 4) is 0 Å². The number of ether oxygens (including phenoxy) is 1. The molecule has 2 aliphatic rings. The summed E-state index contributed by atoms with van der Waals surface area (Å²) >= 11 is 0. The van der Waals surface area contributed by atoms with Crippen molar-refractivity contribution in [2.75, 3.05) is 19.7 Å². The van der Waals surface area contributed by atoms with Crippen molar-refractivity contribution in [2.45, 2.75) is 58.1 Å². The van der Waals surface area contributed by atoms with E-state index in [4.69, 9.17) is 4.74 Å². The minimum atomic E-state index is 0.133. The molecular weight excluding hydrogens is 268 g/mol. The SMILES string of the molecule is Cc1nc(C)n([C@H]2CCCN(C(=O)C[C@H]3CCCO3)C2)n1. The minimum Gasteiger partial charge on any atom is -0.378 e. The highest BCUT2D eigenvalue weighted by Gasteiger charge is 2.28. The molecule has 0 aliphatic carbocycles. The zero-order valence-corrected chi connectivity index (χ0v) is 12.9. The largest absolute Gasteiger partial charge is 0.378 e. The number of carbonyl (C=O) groups excluding carboxylic acids is 1. The van der Waals surface area contributed by atoms with Gasteiger partial charge in [-0.05, 0) is 39.5 Å². The molecule has 116 valence electrons. The fourth-order valence-corrected chi connectivity index (χ4v) is 3.39. The number of piperidine rings is 1. The highest BCUT2D eigenvalue weighted by Crippen LogP contribution is 2.24. The van der Waals surface area contributed by atoms with E-state index in [0.29, 0.717) is 6.42 Å². The maximum absolute atomic E-state index is 12.4. The second kappa shape index (κ2) is 6.13. The van der Waals surface area contributed by atoms with Gasteiger partial charge in [-0.3, -0.25) is 4.79 Å². The summed E-state index contributed by atoms with van der Waals surface area (Å²) in [5.74, 6) is 1.96. The molecule has 3 rings (SSSR count). The summed E-state index contributed by atoms with van der Waals surface area (Å²) in [5, 5.41) is 4.47. The van der Waals surface area contributed by atoms with Crippen LogP contribution in [0.4, 0.5) is 0 Å². The Balaban J connectivity index is 1.62.